The summed E-state index contributed by atoms with van der Waals surface area (Å²) in [4.78, 5) is 4.62. The number of amidine groups is 1. The van der Waals surface area contributed by atoms with E-state index in [1.165, 1.54) is 12.2 Å². The summed E-state index contributed by atoms with van der Waals surface area (Å²) in [6.45, 7) is 12.1. The van der Waals surface area contributed by atoms with Crippen molar-refractivity contribution in [3.63, 3.8) is 0 Å². The Labute approximate surface area is 98.3 Å². The summed E-state index contributed by atoms with van der Waals surface area (Å²) < 4.78 is 0. The molecule has 88 valence electrons. The molecule has 0 bridgehead atoms. The summed E-state index contributed by atoms with van der Waals surface area (Å²) >= 11 is 1.87. The van der Waals surface area contributed by atoms with E-state index in [1.807, 2.05) is 11.8 Å². The summed E-state index contributed by atoms with van der Waals surface area (Å²) in [7, 11) is 0. The van der Waals surface area contributed by atoms with Crippen LogP contribution in [0.1, 0.15) is 41.0 Å². The highest BCUT2D eigenvalue weighted by Crippen LogP contribution is 2.20. The number of nitrogens with zero attached hydrogens (tertiary/aromatic N) is 1. The lowest BCUT2D eigenvalue weighted by atomic mass is 9.97. The maximum absolute atomic E-state index is 4.62. The Hall–Kier alpha value is -0.180. The number of rotatable bonds is 3. The molecule has 0 spiro atoms. The van der Waals surface area contributed by atoms with Crippen molar-refractivity contribution in [1.29, 1.82) is 0 Å². The van der Waals surface area contributed by atoms with E-state index in [4.69, 9.17) is 0 Å². The van der Waals surface area contributed by atoms with Crippen LogP contribution in [0.15, 0.2) is 4.99 Å². The van der Waals surface area contributed by atoms with Crippen LogP contribution in [0.5, 0.6) is 0 Å². The molecule has 0 radical (unpaired) electrons. The van der Waals surface area contributed by atoms with E-state index >= 15 is 0 Å². The minimum atomic E-state index is 0.297. The smallest absolute Gasteiger partial charge is 0.156 e. The molecule has 1 aliphatic rings. The molecule has 1 atom stereocenters. The zero-order valence-electron chi connectivity index (χ0n) is 10.6. The Balaban J connectivity index is 2.36. The van der Waals surface area contributed by atoms with Crippen molar-refractivity contribution < 1.29 is 0 Å². The Morgan fingerprint density at radius 2 is 2.13 bits per heavy atom. The van der Waals surface area contributed by atoms with Crippen molar-refractivity contribution in [2.45, 2.75) is 47.1 Å². The van der Waals surface area contributed by atoms with Gasteiger partial charge >= 0.3 is 0 Å². The van der Waals surface area contributed by atoms with E-state index in [9.17, 15) is 0 Å². The molecule has 0 aromatic rings. The van der Waals surface area contributed by atoms with Crippen LogP contribution in [0.3, 0.4) is 0 Å². The van der Waals surface area contributed by atoms with Gasteiger partial charge in [0.05, 0.1) is 0 Å². The molecule has 15 heavy (non-hydrogen) atoms. The summed E-state index contributed by atoms with van der Waals surface area (Å²) in [6, 6.07) is 0.633. The number of aliphatic imine (C=N–C) groups is 1. The molecule has 1 saturated heterocycles. The molecule has 0 aromatic carbocycles. The van der Waals surface area contributed by atoms with Gasteiger partial charge < -0.3 is 5.32 Å². The van der Waals surface area contributed by atoms with E-state index in [0.29, 0.717) is 11.5 Å². The molecule has 2 nitrogen and oxygen atoms in total. The molecule has 1 N–H and O–H groups in total. The summed E-state index contributed by atoms with van der Waals surface area (Å²) in [5.41, 5.74) is 0.297. The predicted octanol–water partition coefficient (Wildman–Crippen LogP) is 3.14. The maximum Gasteiger partial charge on any atom is 0.156 e. The standard InChI is InChI=1S/C12H24N2S/c1-9(2)6-10-7-15-11(14-10)13-8-12(3,4)5/h9-10H,6-8H2,1-5H3,(H,13,14). The number of nitrogens with one attached hydrogen (secondary N) is 1. The van der Waals surface area contributed by atoms with Crippen LogP contribution in [0.4, 0.5) is 0 Å². The van der Waals surface area contributed by atoms with Gasteiger partial charge in [0.2, 0.25) is 0 Å². The summed E-state index contributed by atoms with van der Waals surface area (Å²) in [5, 5.41) is 4.66. The normalized spacial score (nSPS) is 24.9. The molecule has 0 aromatic heterocycles. The molecule has 3 heteroatoms. The SMILES string of the molecule is CC(C)CC1CSC(=NCC(C)(C)C)N1. The summed E-state index contributed by atoms with van der Waals surface area (Å²) in [5.74, 6) is 1.95. The second kappa shape index (κ2) is 5.24. The van der Waals surface area contributed by atoms with Gasteiger partial charge in [-0.3, -0.25) is 4.99 Å². The molecule has 0 aliphatic carbocycles. The van der Waals surface area contributed by atoms with Gasteiger partial charge in [-0.1, -0.05) is 46.4 Å². The molecule has 1 fully saturated rings. The van der Waals surface area contributed by atoms with Crippen molar-refractivity contribution in [2.24, 2.45) is 16.3 Å². The van der Waals surface area contributed by atoms with Crippen molar-refractivity contribution >= 4 is 16.9 Å². The third-order valence-electron chi connectivity index (χ3n) is 2.20. The quantitative estimate of drug-likeness (QED) is 0.802. The highest BCUT2D eigenvalue weighted by Gasteiger charge is 2.21. The third-order valence-corrected chi connectivity index (χ3v) is 3.29. The van der Waals surface area contributed by atoms with Crippen molar-refractivity contribution in [1.82, 2.24) is 5.32 Å². The minimum Gasteiger partial charge on any atom is -0.361 e. The lowest BCUT2D eigenvalue weighted by Crippen LogP contribution is -2.28. The predicted molar refractivity (Wildman–Crippen MR) is 70.6 cm³/mol. The Morgan fingerprint density at radius 1 is 1.47 bits per heavy atom. The van der Waals surface area contributed by atoms with E-state index in [1.54, 1.807) is 0 Å². The largest absolute Gasteiger partial charge is 0.361 e. The fourth-order valence-electron chi connectivity index (χ4n) is 1.53. The summed E-state index contributed by atoms with van der Waals surface area (Å²) in [6.07, 6.45) is 1.25. The third kappa shape index (κ3) is 5.45. The van der Waals surface area contributed by atoms with Gasteiger partial charge in [-0.15, -0.1) is 0 Å². The van der Waals surface area contributed by atoms with Crippen molar-refractivity contribution in [2.75, 3.05) is 12.3 Å². The first kappa shape index (κ1) is 12.9. The van der Waals surface area contributed by atoms with Crippen LogP contribution in [-0.2, 0) is 0 Å². The van der Waals surface area contributed by atoms with E-state index in [-0.39, 0.29) is 0 Å². The van der Waals surface area contributed by atoms with Gasteiger partial charge in [0.25, 0.3) is 0 Å². The van der Waals surface area contributed by atoms with Gasteiger partial charge in [0, 0.05) is 18.3 Å². The van der Waals surface area contributed by atoms with E-state index < -0.39 is 0 Å². The molecule has 1 aliphatic heterocycles. The van der Waals surface area contributed by atoms with Gasteiger partial charge in [0.1, 0.15) is 0 Å². The van der Waals surface area contributed by atoms with Gasteiger partial charge in [0.15, 0.2) is 5.17 Å². The number of thioether (sulfide) groups is 1. The van der Waals surface area contributed by atoms with Crippen LogP contribution >= 0.6 is 11.8 Å². The van der Waals surface area contributed by atoms with Gasteiger partial charge in [-0.2, -0.15) is 0 Å². The molecule has 1 heterocycles. The fourth-order valence-corrected chi connectivity index (χ4v) is 2.52. The average Bonchev–Trinajstić information content (AvgIpc) is 2.46. The fraction of sp³-hybridized carbons (Fsp3) is 0.917. The Kier molecular flexibility index (Phi) is 4.50. The van der Waals surface area contributed by atoms with Gasteiger partial charge in [-0.05, 0) is 17.8 Å². The Morgan fingerprint density at radius 3 is 2.67 bits per heavy atom. The highest BCUT2D eigenvalue weighted by atomic mass is 32.2. The first-order valence-corrected chi connectivity index (χ1v) is 6.79. The molecular weight excluding hydrogens is 204 g/mol. The molecule has 1 rings (SSSR count). The average molecular weight is 228 g/mol. The molecule has 0 saturated carbocycles. The zero-order valence-corrected chi connectivity index (χ0v) is 11.4. The molecular formula is C12H24N2S. The highest BCUT2D eigenvalue weighted by molar-refractivity contribution is 8.14. The number of hydrogen-bond donors (Lipinski definition) is 1. The second-order valence-corrected chi connectivity index (χ2v) is 6.97. The monoisotopic (exact) mass is 228 g/mol. The van der Waals surface area contributed by atoms with E-state index in [0.717, 1.165) is 17.6 Å². The van der Waals surface area contributed by atoms with Crippen LogP contribution in [0.25, 0.3) is 0 Å². The molecule has 1 unspecified atom stereocenters. The second-order valence-electron chi connectivity index (χ2n) is 5.96. The van der Waals surface area contributed by atoms with Crippen molar-refractivity contribution in [3.05, 3.63) is 0 Å². The van der Waals surface area contributed by atoms with Crippen molar-refractivity contribution in [3.8, 4) is 0 Å². The topological polar surface area (TPSA) is 24.4 Å². The Bertz CT molecular complexity index is 228. The zero-order chi connectivity index (χ0) is 11.5. The van der Waals surface area contributed by atoms with Crippen LogP contribution in [0.2, 0.25) is 0 Å². The minimum absolute atomic E-state index is 0.297. The first-order valence-electron chi connectivity index (χ1n) is 5.80. The lowest BCUT2D eigenvalue weighted by molar-refractivity contribution is 0.428. The number of hydrogen-bond acceptors (Lipinski definition) is 2. The van der Waals surface area contributed by atoms with Crippen LogP contribution in [0, 0.1) is 11.3 Å². The van der Waals surface area contributed by atoms with Crippen LogP contribution in [-0.4, -0.2) is 23.5 Å². The first-order chi connectivity index (χ1) is 6.87. The maximum atomic E-state index is 4.62. The van der Waals surface area contributed by atoms with Gasteiger partial charge in [-0.25, -0.2) is 0 Å². The van der Waals surface area contributed by atoms with Crippen LogP contribution < -0.4 is 5.32 Å². The van der Waals surface area contributed by atoms with E-state index in [2.05, 4.69) is 44.9 Å². The molecule has 0 amide bonds. The lowest BCUT2D eigenvalue weighted by Gasteiger charge is -2.15.